The number of rotatable bonds is 3. The molecule has 0 unspecified atom stereocenters. The molecule has 0 spiro atoms. The van der Waals surface area contributed by atoms with Gasteiger partial charge in [-0.1, -0.05) is 0 Å². The van der Waals surface area contributed by atoms with Crippen LogP contribution in [-0.4, -0.2) is 53.5 Å². The van der Waals surface area contributed by atoms with Crippen LogP contribution in [0, 0.1) is 0 Å². The smallest absolute Gasteiger partial charge is 0.254 e. The van der Waals surface area contributed by atoms with Crippen molar-refractivity contribution in [3.63, 3.8) is 0 Å². The first-order chi connectivity index (χ1) is 12.2. The highest BCUT2D eigenvalue weighted by atomic mass is 16.7. The molecule has 25 heavy (non-hydrogen) atoms. The molecular weight excluding hydrogens is 326 g/mol. The van der Waals surface area contributed by atoms with Gasteiger partial charge >= 0.3 is 0 Å². The fourth-order valence-electron chi connectivity index (χ4n) is 2.82. The maximum atomic E-state index is 12.3. The number of benzene rings is 1. The van der Waals surface area contributed by atoms with Crippen LogP contribution in [0.5, 0.6) is 11.5 Å². The van der Waals surface area contributed by atoms with Crippen LogP contribution in [0.15, 0.2) is 35.4 Å². The summed E-state index contributed by atoms with van der Waals surface area (Å²) in [6.45, 7) is 2.33. The van der Waals surface area contributed by atoms with Gasteiger partial charge in [-0.2, -0.15) is 0 Å². The van der Waals surface area contributed by atoms with E-state index in [1.165, 1.54) is 17.0 Å². The molecule has 1 fully saturated rings. The van der Waals surface area contributed by atoms with E-state index < -0.39 is 0 Å². The van der Waals surface area contributed by atoms with Gasteiger partial charge in [-0.15, -0.1) is 0 Å². The zero-order chi connectivity index (χ0) is 17.2. The minimum absolute atomic E-state index is 0.0206. The minimum Gasteiger partial charge on any atom is -0.454 e. The number of carbonyl (C=O) groups is 1. The maximum absolute atomic E-state index is 12.3. The van der Waals surface area contributed by atoms with E-state index >= 15 is 0 Å². The molecule has 0 N–H and O–H groups in total. The summed E-state index contributed by atoms with van der Waals surface area (Å²) in [5, 5.41) is 0. The Morgan fingerprint density at radius 2 is 1.92 bits per heavy atom. The predicted molar refractivity (Wildman–Crippen MR) is 87.5 cm³/mol. The van der Waals surface area contributed by atoms with E-state index in [0.29, 0.717) is 43.5 Å². The van der Waals surface area contributed by atoms with Crippen molar-refractivity contribution in [2.24, 2.45) is 0 Å². The topological polar surface area (TPSA) is 82.9 Å². The molecule has 1 amide bonds. The molecule has 0 bridgehead atoms. The van der Waals surface area contributed by atoms with E-state index in [4.69, 9.17) is 14.2 Å². The average Bonchev–Trinajstić information content (AvgIpc) is 3.12. The second-order valence-corrected chi connectivity index (χ2v) is 5.80. The molecule has 4 rings (SSSR count). The number of amides is 1. The van der Waals surface area contributed by atoms with E-state index in [-0.39, 0.29) is 24.8 Å². The third-order valence-corrected chi connectivity index (χ3v) is 4.22. The third-order valence-electron chi connectivity index (χ3n) is 4.22. The molecule has 0 saturated carbocycles. The minimum atomic E-state index is -0.274. The molecule has 3 heterocycles. The Morgan fingerprint density at radius 3 is 2.72 bits per heavy atom. The number of morpholine rings is 1. The summed E-state index contributed by atoms with van der Waals surface area (Å²) < 4.78 is 17.2. The van der Waals surface area contributed by atoms with Crippen LogP contribution in [0.1, 0.15) is 0 Å². The molecule has 2 aliphatic rings. The van der Waals surface area contributed by atoms with Crippen LogP contribution < -0.4 is 15.0 Å². The van der Waals surface area contributed by atoms with Crippen molar-refractivity contribution in [2.45, 2.75) is 6.54 Å². The fourth-order valence-corrected chi connectivity index (χ4v) is 2.82. The highest BCUT2D eigenvalue weighted by molar-refractivity contribution is 5.76. The van der Waals surface area contributed by atoms with Crippen LogP contribution in [-0.2, 0) is 16.1 Å². The largest absolute Gasteiger partial charge is 0.454 e. The van der Waals surface area contributed by atoms with Gasteiger partial charge in [0.25, 0.3) is 5.56 Å². The van der Waals surface area contributed by atoms with Gasteiger partial charge < -0.3 is 19.1 Å². The Hall–Kier alpha value is -2.87. The van der Waals surface area contributed by atoms with Crippen LogP contribution in [0.25, 0.3) is 11.3 Å². The van der Waals surface area contributed by atoms with E-state index in [1.807, 2.05) is 6.07 Å². The monoisotopic (exact) mass is 343 g/mol. The van der Waals surface area contributed by atoms with Gasteiger partial charge in [-0.05, 0) is 18.2 Å². The van der Waals surface area contributed by atoms with Gasteiger partial charge in [0.05, 0.1) is 25.2 Å². The molecule has 0 atom stereocenters. The van der Waals surface area contributed by atoms with Crippen molar-refractivity contribution in [1.29, 1.82) is 0 Å². The molecule has 2 aromatic rings. The Bertz CT molecular complexity index is 858. The van der Waals surface area contributed by atoms with Crippen molar-refractivity contribution in [3.8, 4) is 22.8 Å². The Balaban J connectivity index is 1.52. The molecule has 130 valence electrons. The van der Waals surface area contributed by atoms with Crippen LogP contribution >= 0.6 is 0 Å². The normalized spacial score (nSPS) is 16.1. The summed E-state index contributed by atoms with van der Waals surface area (Å²) in [6, 6.07) is 6.81. The molecule has 8 nitrogen and oxygen atoms in total. The lowest BCUT2D eigenvalue weighted by Crippen LogP contribution is -2.43. The molecule has 0 aliphatic carbocycles. The van der Waals surface area contributed by atoms with E-state index in [9.17, 15) is 9.59 Å². The Morgan fingerprint density at radius 1 is 1.12 bits per heavy atom. The van der Waals surface area contributed by atoms with Gasteiger partial charge in [-0.3, -0.25) is 14.2 Å². The summed E-state index contributed by atoms with van der Waals surface area (Å²) >= 11 is 0. The molecule has 8 heteroatoms. The molecule has 1 aromatic heterocycles. The summed E-state index contributed by atoms with van der Waals surface area (Å²) in [7, 11) is 0. The number of hydrogen-bond donors (Lipinski definition) is 0. The van der Waals surface area contributed by atoms with E-state index in [2.05, 4.69) is 4.98 Å². The highest BCUT2D eigenvalue weighted by Crippen LogP contribution is 2.35. The SMILES string of the molecule is O=C(Cn1cnc(-c2ccc3c(c2)OCO3)cc1=O)N1CCOCC1. The second-order valence-electron chi connectivity index (χ2n) is 5.80. The number of hydrogen-bond acceptors (Lipinski definition) is 6. The molecule has 2 aliphatic heterocycles. The van der Waals surface area contributed by atoms with Crippen molar-refractivity contribution >= 4 is 5.91 Å². The van der Waals surface area contributed by atoms with Crippen LogP contribution in [0.2, 0.25) is 0 Å². The van der Waals surface area contributed by atoms with Gasteiger partial charge in [-0.25, -0.2) is 4.98 Å². The number of nitrogens with zero attached hydrogens (tertiary/aromatic N) is 3. The van der Waals surface area contributed by atoms with Gasteiger partial charge in [0.15, 0.2) is 11.5 Å². The Kier molecular flexibility index (Phi) is 4.10. The van der Waals surface area contributed by atoms with Gasteiger partial charge in [0.1, 0.15) is 6.54 Å². The summed E-state index contributed by atoms with van der Waals surface area (Å²) in [6.07, 6.45) is 1.40. The lowest BCUT2D eigenvalue weighted by molar-refractivity contribution is -0.135. The van der Waals surface area contributed by atoms with Crippen LogP contribution in [0.4, 0.5) is 0 Å². The fraction of sp³-hybridized carbons (Fsp3) is 0.353. The first kappa shape index (κ1) is 15.6. The van der Waals surface area contributed by atoms with Crippen LogP contribution in [0.3, 0.4) is 0 Å². The summed E-state index contributed by atoms with van der Waals surface area (Å²) in [4.78, 5) is 30.6. The van der Waals surface area contributed by atoms with Crippen molar-refractivity contribution in [3.05, 3.63) is 40.9 Å². The van der Waals surface area contributed by atoms with Crippen molar-refractivity contribution in [2.75, 3.05) is 33.1 Å². The highest BCUT2D eigenvalue weighted by Gasteiger charge is 2.18. The zero-order valence-electron chi connectivity index (χ0n) is 13.5. The van der Waals surface area contributed by atoms with Gasteiger partial charge in [0, 0.05) is 24.7 Å². The second kappa shape index (κ2) is 6.56. The van der Waals surface area contributed by atoms with E-state index in [0.717, 1.165) is 5.56 Å². The maximum Gasteiger partial charge on any atom is 0.254 e. The quantitative estimate of drug-likeness (QED) is 0.807. The molecular formula is C17H17N3O5. The molecule has 0 radical (unpaired) electrons. The number of aromatic nitrogens is 2. The first-order valence-corrected chi connectivity index (χ1v) is 8.03. The summed E-state index contributed by atoms with van der Waals surface area (Å²) in [5.41, 5.74) is 1.01. The number of fused-ring (bicyclic) bond motifs is 1. The number of ether oxygens (including phenoxy) is 3. The first-order valence-electron chi connectivity index (χ1n) is 8.03. The van der Waals surface area contributed by atoms with Crippen molar-refractivity contribution < 1.29 is 19.0 Å². The zero-order valence-corrected chi connectivity index (χ0v) is 13.5. The predicted octanol–water partition coefficient (Wildman–Crippen LogP) is 0.498. The molecule has 1 saturated heterocycles. The third kappa shape index (κ3) is 3.20. The number of carbonyl (C=O) groups excluding carboxylic acids is 1. The van der Waals surface area contributed by atoms with Crippen molar-refractivity contribution in [1.82, 2.24) is 14.5 Å². The lowest BCUT2D eigenvalue weighted by Gasteiger charge is -2.26. The average molecular weight is 343 g/mol. The Labute approximate surface area is 143 Å². The van der Waals surface area contributed by atoms with E-state index in [1.54, 1.807) is 17.0 Å². The lowest BCUT2D eigenvalue weighted by atomic mass is 10.1. The summed E-state index contributed by atoms with van der Waals surface area (Å²) in [5.74, 6) is 1.20. The molecule has 1 aromatic carbocycles. The standard InChI is InChI=1S/C17H17N3O5/c21-16-8-13(12-1-2-14-15(7-12)25-11-24-14)18-10-20(16)9-17(22)19-3-5-23-6-4-19/h1-2,7-8,10H,3-6,9,11H2. The van der Waals surface area contributed by atoms with Gasteiger partial charge in [0.2, 0.25) is 12.7 Å².